The molecule has 1 rings (SSSR count). The lowest BCUT2D eigenvalue weighted by molar-refractivity contribution is 0.0929. The van der Waals surface area contributed by atoms with Crippen LogP contribution in [0.5, 0.6) is 0 Å². The molecule has 0 saturated carbocycles. The van der Waals surface area contributed by atoms with Crippen LogP contribution in [0.2, 0.25) is 0 Å². The van der Waals surface area contributed by atoms with E-state index in [1.165, 1.54) is 6.07 Å². The number of carbonyl (C=O) groups is 1. The van der Waals surface area contributed by atoms with Crippen LogP contribution in [-0.2, 0) is 21.2 Å². The lowest BCUT2D eigenvalue weighted by Gasteiger charge is -2.14. The topological polar surface area (TPSA) is 98.5 Å². The molecule has 0 saturated heterocycles. The van der Waals surface area contributed by atoms with Crippen LogP contribution in [0.25, 0.3) is 0 Å². The van der Waals surface area contributed by atoms with Crippen LogP contribution in [0, 0.1) is 0 Å². The van der Waals surface area contributed by atoms with Crippen molar-refractivity contribution in [3.8, 4) is 0 Å². The SMILES string of the molecule is CCc1ccc(C(=O)NC(C)CCOC)cc1S(N)(=O)=O. The molecule has 1 aromatic carbocycles. The number of hydrogen-bond donors (Lipinski definition) is 2. The largest absolute Gasteiger partial charge is 0.385 e. The number of aryl methyl sites for hydroxylation is 1. The number of sulfonamides is 1. The third-order valence-electron chi connectivity index (χ3n) is 3.15. The van der Waals surface area contributed by atoms with Crippen molar-refractivity contribution in [2.75, 3.05) is 13.7 Å². The highest BCUT2D eigenvalue weighted by atomic mass is 32.2. The summed E-state index contributed by atoms with van der Waals surface area (Å²) in [5, 5.41) is 7.99. The molecule has 1 aromatic rings. The number of amides is 1. The molecule has 0 heterocycles. The minimum atomic E-state index is -3.84. The summed E-state index contributed by atoms with van der Waals surface area (Å²) in [6.45, 7) is 4.23. The van der Waals surface area contributed by atoms with Crippen LogP contribution in [-0.4, -0.2) is 34.1 Å². The van der Waals surface area contributed by atoms with Gasteiger partial charge in [-0.2, -0.15) is 0 Å². The van der Waals surface area contributed by atoms with E-state index in [0.717, 1.165) is 0 Å². The van der Waals surface area contributed by atoms with Crippen LogP contribution < -0.4 is 10.5 Å². The van der Waals surface area contributed by atoms with Gasteiger partial charge in [0.15, 0.2) is 0 Å². The van der Waals surface area contributed by atoms with Crippen molar-refractivity contribution in [1.82, 2.24) is 5.32 Å². The zero-order valence-corrected chi connectivity index (χ0v) is 13.4. The Morgan fingerprint density at radius 1 is 1.43 bits per heavy atom. The second kappa shape index (κ2) is 7.53. The Hall–Kier alpha value is -1.44. The molecule has 0 aliphatic rings. The van der Waals surface area contributed by atoms with Gasteiger partial charge in [-0.25, -0.2) is 13.6 Å². The first-order valence-electron chi connectivity index (χ1n) is 6.75. The normalized spacial score (nSPS) is 13.0. The van der Waals surface area contributed by atoms with Crippen molar-refractivity contribution in [2.45, 2.75) is 37.6 Å². The number of hydrogen-bond acceptors (Lipinski definition) is 4. The van der Waals surface area contributed by atoms with Crippen molar-refractivity contribution in [3.63, 3.8) is 0 Å². The molecule has 0 radical (unpaired) electrons. The molecular formula is C14H22N2O4S. The molecule has 0 aliphatic heterocycles. The van der Waals surface area contributed by atoms with Gasteiger partial charge >= 0.3 is 0 Å². The average Bonchev–Trinajstić information content (AvgIpc) is 2.43. The molecule has 0 bridgehead atoms. The Morgan fingerprint density at radius 2 is 2.10 bits per heavy atom. The van der Waals surface area contributed by atoms with E-state index in [1.54, 1.807) is 19.2 Å². The van der Waals surface area contributed by atoms with Gasteiger partial charge in [-0.1, -0.05) is 13.0 Å². The second-order valence-electron chi connectivity index (χ2n) is 4.88. The zero-order valence-electron chi connectivity index (χ0n) is 12.5. The maximum atomic E-state index is 12.1. The molecule has 0 spiro atoms. The summed E-state index contributed by atoms with van der Waals surface area (Å²) < 4.78 is 28.1. The van der Waals surface area contributed by atoms with Crippen molar-refractivity contribution in [3.05, 3.63) is 29.3 Å². The molecule has 7 heteroatoms. The highest BCUT2D eigenvalue weighted by Gasteiger charge is 2.17. The number of nitrogens with two attached hydrogens (primary N) is 1. The van der Waals surface area contributed by atoms with Gasteiger partial charge in [-0.05, 0) is 37.5 Å². The van der Waals surface area contributed by atoms with E-state index >= 15 is 0 Å². The fourth-order valence-corrected chi connectivity index (χ4v) is 2.80. The lowest BCUT2D eigenvalue weighted by Crippen LogP contribution is -2.33. The van der Waals surface area contributed by atoms with Crippen molar-refractivity contribution in [1.29, 1.82) is 0 Å². The van der Waals surface area contributed by atoms with Crippen molar-refractivity contribution in [2.24, 2.45) is 5.14 Å². The lowest BCUT2D eigenvalue weighted by atomic mass is 10.1. The van der Waals surface area contributed by atoms with Gasteiger partial charge in [0.1, 0.15) is 0 Å². The number of nitrogens with one attached hydrogen (secondary N) is 1. The monoisotopic (exact) mass is 314 g/mol. The smallest absolute Gasteiger partial charge is 0.251 e. The summed E-state index contributed by atoms with van der Waals surface area (Å²) in [4.78, 5) is 12.1. The highest BCUT2D eigenvalue weighted by molar-refractivity contribution is 7.89. The van der Waals surface area contributed by atoms with Gasteiger partial charge in [-0.15, -0.1) is 0 Å². The van der Waals surface area contributed by atoms with E-state index in [0.29, 0.717) is 25.0 Å². The number of rotatable bonds is 7. The molecule has 0 aliphatic carbocycles. The van der Waals surface area contributed by atoms with Crippen molar-refractivity contribution >= 4 is 15.9 Å². The van der Waals surface area contributed by atoms with Crippen LogP contribution in [0.15, 0.2) is 23.1 Å². The second-order valence-corrected chi connectivity index (χ2v) is 6.41. The van der Waals surface area contributed by atoms with Gasteiger partial charge in [0.2, 0.25) is 10.0 Å². The molecule has 3 N–H and O–H groups in total. The molecule has 6 nitrogen and oxygen atoms in total. The van der Waals surface area contributed by atoms with Crippen LogP contribution >= 0.6 is 0 Å². The molecular weight excluding hydrogens is 292 g/mol. The van der Waals surface area contributed by atoms with Gasteiger partial charge in [0.25, 0.3) is 5.91 Å². The molecule has 0 fully saturated rings. The molecule has 118 valence electrons. The molecule has 1 amide bonds. The minimum Gasteiger partial charge on any atom is -0.385 e. The number of primary sulfonamides is 1. The number of ether oxygens (including phenoxy) is 1. The first-order chi connectivity index (χ1) is 9.79. The van der Waals surface area contributed by atoms with Gasteiger partial charge in [0, 0.05) is 25.3 Å². The maximum Gasteiger partial charge on any atom is 0.251 e. The Bertz CT molecular complexity index is 599. The van der Waals surface area contributed by atoms with Crippen LogP contribution in [0.1, 0.15) is 36.2 Å². The van der Waals surface area contributed by atoms with E-state index < -0.39 is 10.0 Å². The van der Waals surface area contributed by atoms with Gasteiger partial charge in [-0.3, -0.25) is 4.79 Å². The fraction of sp³-hybridized carbons (Fsp3) is 0.500. The number of benzene rings is 1. The standard InChI is InChI=1S/C14H22N2O4S/c1-4-11-5-6-12(9-13(11)21(15,18)19)14(17)16-10(2)7-8-20-3/h5-6,9-10H,4,7-8H2,1-3H3,(H,16,17)(H2,15,18,19). The van der Waals surface area contributed by atoms with Crippen molar-refractivity contribution < 1.29 is 17.9 Å². The summed E-state index contributed by atoms with van der Waals surface area (Å²) in [7, 11) is -2.25. The van der Waals surface area contributed by atoms with E-state index in [9.17, 15) is 13.2 Å². The molecule has 1 atom stereocenters. The highest BCUT2D eigenvalue weighted by Crippen LogP contribution is 2.17. The summed E-state index contributed by atoms with van der Waals surface area (Å²) in [6, 6.07) is 4.48. The first kappa shape index (κ1) is 17.6. The molecule has 0 aromatic heterocycles. The first-order valence-corrected chi connectivity index (χ1v) is 8.29. The van der Waals surface area contributed by atoms with Gasteiger partial charge < -0.3 is 10.1 Å². The summed E-state index contributed by atoms with van der Waals surface area (Å²) in [5.41, 5.74) is 0.877. The zero-order chi connectivity index (χ0) is 16.0. The Kier molecular flexibility index (Phi) is 6.32. The predicted octanol–water partition coefficient (Wildman–Crippen LogP) is 1.05. The van der Waals surface area contributed by atoms with E-state index in [1.807, 2.05) is 13.8 Å². The number of carbonyl (C=O) groups excluding carboxylic acids is 1. The Morgan fingerprint density at radius 3 is 2.62 bits per heavy atom. The van der Waals surface area contributed by atoms with E-state index in [4.69, 9.17) is 9.88 Å². The van der Waals surface area contributed by atoms with E-state index in [-0.39, 0.29) is 22.4 Å². The quantitative estimate of drug-likeness (QED) is 0.786. The van der Waals surface area contributed by atoms with E-state index in [2.05, 4.69) is 5.32 Å². The Labute approximate surface area is 125 Å². The predicted molar refractivity (Wildman–Crippen MR) is 80.6 cm³/mol. The van der Waals surface area contributed by atoms with Gasteiger partial charge in [0.05, 0.1) is 4.90 Å². The Balaban J connectivity index is 2.96. The minimum absolute atomic E-state index is 0.00203. The fourth-order valence-electron chi connectivity index (χ4n) is 1.93. The van der Waals surface area contributed by atoms with Crippen LogP contribution in [0.3, 0.4) is 0 Å². The molecule has 21 heavy (non-hydrogen) atoms. The maximum absolute atomic E-state index is 12.1. The summed E-state index contributed by atoms with van der Waals surface area (Å²) in [5.74, 6) is -0.328. The average molecular weight is 314 g/mol. The van der Waals surface area contributed by atoms with Crippen LogP contribution in [0.4, 0.5) is 0 Å². The third kappa shape index (κ3) is 5.11. The third-order valence-corrected chi connectivity index (χ3v) is 4.14. The molecule has 1 unspecified atom stereocenters. The summed E-state index contributed by atoms with van der Waals surface area (Å²) in [6.07, 6.45) is 1.20. The summed E-state index contributed by atoms with van der Waals surface area (Å²) >= 11 is 0. The number of methoxy groups -OCH3 is 1.